The van der Waals surface area contributed by atoms with Crippen molar-refractivity contribution in [1.29, 1.82) is 0 Å². The van der Waals surface area contributed by atoms with Crippen LogP contribution in [0.1, 0.15) is 26.3 Å². The van der Waals surface area contributed by atoms with Gasteiger partial charge in [0.15, 0.2) is 6.73 Å². The van der Waals surface area contributed by atoms with Crippen LogP contribution in [0.4, 0.5) is 0 Å². The lowest BCUT2D eigenvalue weighted by Gasteiger charge is -2.12. The number of carbonyl (C=O) groups excluding carboxylic acids is 3. The Balaban J connectivity index is 1.60. The molecular formula is C18H12ClNO4. The molecule has 0 unspecified atom stereocenters. The molecule has 3 rings (SSSR count). The Bertz CT molecular complexity index is 807. The van der Waals surface area contributed by atoms with Crippen molar-refractivity contribution in [2.24, 2.45) is 0 Å². The summed E-state index contributed by atoms with van der Waals surface area (Å²) in [7, 11) is 0. The molecule has 0 saturated carbocycles. The van der Waals surface area contributed by atoms with Crippen LogP contribution in [0.5, 0.6) is 0 Å². The number of esters is 1. The first-order valence-electron chi connectivity index (χ1n) is 7.12. The zero-order chi connectivity index (χ0) is 17.1. The topological polar surface area (TPSA) is 63.7 Å². The number of halogens is 1. The van der Waals surface area contributed by atoms with Crippen molar-refractivity contribution in [1.82, 2.24) is 4.90 Å². The number of imide groups is 1. The average Bonchev–Trinajstić information content (AvgIpc) is 2.84. The highest BCUT2D eigenvalue weighted by Crippen LogP contribution is 2.22. The minimum atomic E-state index is -0.651. The van der Waals surface area contributed by atoms with Crippen molar-refractivity contribution in [3.8, 4) is 0 Å². The maximum atomic E-state index is 12.1. The number of fused-ring (bicyclic) bond motifs is 1. The molecule has 0 spiro atoms. The number of amides is 2. The number of hydrogen-bond donors (Lipinski definition) is 0. The molecule has 0 aliphatic carbocycles. The first-order valence-corrected chi connectivity index (χ1v) is 7.49. The van der Waals surface area contributed by atoms with Gasteiger partial charge in [-0.2, -0.15) is 0 Å². The van der Waals surface area contributed by atoms with Crippen LogP contribution in [0, 0.1) is 0 Å². The van der Waals surface area contributed by atoms with E-state index in [0.29, 0.717) is 16.1 Å². The van der Waals surface area contributed by atoms with Crippen LogP contribution in [0.15, 0.2) is 54.6 Å². The molecule has 120 valence electrons. The van der Waals surface area contributed by atoms with Gasteiger partial charge < -0.3 is 4.74 Å². The predicted octanol–water partition coefficient (Wildman–Crippen LogP) is 3.15. The van der Waals surface area contributed by atoms with Crippen molar-refractivity contribution >= 4 is 35.5 Å². The Labute approximate surface area is 143 Å². The second-order valence-electron chi connectivity index (χ2n) is 5.06. The van der Waals surface area contributed by atoms with Gasteiger partial charge in [-0.15, -0.1) is 0 Å². The van der Waals surface area contributed by atoms with Crippen molar-refractivity contribution < 1.29 is 19.1 Å². The molecule has 1 aliphatic rings. The molecule has 1 aliphatic heterocycles. The fourth-order valence-corrected chi connectivity index (χ4v) is 2.40. The first kappa shape index (κ1) is 16.0. The van der Waals surface area contributed by atoms with E-state index >= 15 is 0 Å². The zero-order valence-corrected chi connectivity index (χ0v) is 13.2. The van der Waals surface area contributed by atoms with Gasteiger partial charge in [0, 0.05) is 11.1 Å². The largest absolute Gasteiger partial charge is 0.441 e. The van der Waals surface area contributed by atoms with E-state index in [4.69, 9.17) is 16.3 Å². The van der Waals surface area contributed by atoms with Crippen LogP contribution in [0.2, 0.25) is 5.02 Å². The highest BCUT2D eigenvalue weighted by Gasteiger charge is 2.35. The normalized spacial score (nSPS) is 13.5. The van der Waals surface area contributed by atoms with E-state index in [2.05, 4.69) is 0 Å². The molecule has 1 heterocycles. The Hall–Kier alpha value is -2.92. The molecular weight excluding hydrogens is 330 g/mol. The summed E-state index contributed by atoms with van der Waals surface area (Å²) in [5.41, 5.74) is 1.41. The molecule has 0 N–H and O–H groups in total. The molecule has 0 bridgehead atoms. The lowest BCUT2D eigenvalue weighted by Crippen LogP contribution is -2.32. The molecule has 2 aromatic carbocycles. The Morgan fingerprint density at radius 2 is 1.58 bits per heavy atom. The Morgan fingerprint density at radius 1 is 1.00 bits per heavy atom. The second kappa shape index (κ2) is 6.68. The van der Waals surface area contributed by atoms with E-state index in [-0.39, 0.29) is 0 Å². The van der Waals surface area contributed by atoms with Crippen LogP contribution < -0.4 is 0 Å². The molecule has 2 amide bonds. The number of carbonyl (C=O) groups is 3. The lowest BCUT2D eigenvalue weighted by molar-refractivity contribution is -0.140. The Morgan fingerprint density at radius 3 is 2.17 bits per heavy atom. The quantitative estimate of drug-likeness (QED) is 0.487. The van der Waals surface area contributed by atoms with Gasteiger partial charge in [0.25, 0.3) is 11.8 Å². The smallest absolute Gasteiger partial charge is 0.332 e. The van der Waals surface area contributed by atoms with Gasteiger partial charge in [-0.1, -0.05) is 35.9 Å². The summed E-state index contributed by atoms with van der Waals surface area (Å²) in [6.45, 7) is -0.420. The summed E-state index contributed by atoms with van der Waals surface area (Å²) in [5, 5.41) is 0.598. The monoisotopic (exact) mass is 341 g/mol. The van der Waals surface area contributed by atoms with E-state index in [1.165, 1.54) is 6.08 Å². The van der Waals surface area contributed by atoms with Crippen LogP contribution >= 0.6 is 11.6 Å². The Kier molecular flexibility index (Phi) is 4.44. The number of benzene rings is 2. The first-order chi connectivity index (χ1) is 11.6. The molecule has 0 aromatic heterocycles. The van der Waals surface area contributed by atoms with E-state index in [1.807, 2.05) is 0 Å². The fourth-order valence-electron chi connectivity index (χ4n) is 2.27. The number of nitrogens with zero attached hydrogens (tertiary/aromatic N) is 1. The molecule has 0 atom stereocenters. The molecule has 0 fully saturated rings. The minimum Gasteiger partial charge on any atom is -0.441 e. The van der Waals surface area contributed by atoms with Gasteiger partial charge in [-0.05, 0) is 35.9 Å². The predicted molar refractivity (Wildman–Crippen MR) is 88.4 cm³/mol. The second-order valence-corrected chi connectivity index (χ2v) is 5.50. The van der Waals surface area contributed by atoms with Gasteiger partial charge in [-0.3, -0.25) is 9.59 Å². The SMILES string of the molecule is O=C(/C=C/c1ccc(Cl)cc1)OCN1C(=O)c2ccccc2C1=O. The number of hydrogen-bond acceptors (Lipinski definition) is 4. The van der Waals surface area contributed by atoms with Crippen LogP contribution in [0.3, 0.4) is 0 Å². The summed E-state index contributed by atoms with van der Waals surface area (Å²) in [4.78, 5) is 36.9. The molecule has 2 aromatic rings. The summed E-state index contributed by atoms with van der Waals surface area (Å²) >= 11 is 5.78. The van der Waals surface area contributed by atoms with E-state index < -0.39 is 24.5 Å². The van der Waals surface area contributed by atoms with E-state index in [9.17, 15) is 14.4 Å². The molecule has 0 saturated heterocycles. The third kappa shape index (κ3) is 3.21. The summed E-state index contributed by atoms with van der Waals surface area (Å²) < 4.78 is 4.98. The summed E-state index contributed by atoms with van der Waals surface area (Å²) in [6, 6.07) is 13.4. The number of rotatable bonds is 4. The van der Waals surface area contributed by atoms with Gasteiger partial charge in [0.1, 0.15) is 0 Å². The van der Waals surface area contributed by atoms with Gasteiger partial charge in [0.2, 0.25) is 0 Å². The highest BCUT2D eigenvalue weighted by atomic mass is 35.5. The maximum absolute atomic E-state index is 12.1. The van der Waals surface area contributed by atoms with Gasteiger partial charge in [0.05, 0.1) is 11.1 Å². The van der Waals surface area contributed by atoms with Crippen LogP contribution in [0.25, 0.3) is 6.08 Å². The van der Waals surface area contributed by atoms with Gasteiger partial charge in [-0.25, -0.2) is 9.69 Å². The van der Waals surface area contributed by atoms with Crippen molar-refractivity contribution in [2.45, 2.75) is 0 Å². The van der Waals surface area contributed by atoms with Crippen LogP contribution in [-0.2, 0) is 9.53 Å². The third-order valence-electron chi connectivity index (χ3n) is 3.50. The standard InChI is InChI=1S/C18H12ClNO4/c19-13-8-5-12(6-9-13)7-10-16(21)24-11-20-17(22)14-3-1-2-4-15(14)18(20)23/h1-10H,11H2/b10-7+. The highest BCUT2D eigenvalue weighted by molar-refractivity contribution is 6.30. The molecule has 0 radical (unpaired) electrons. The lowest BCUT2D eigenvalue weighted by atomic mass is 10.1. The van der Waals surface area contributed by atoms with Gasteiger partial charge >= 0.3 is 5.97 Å². The third-order valence-corrected chi connectivity index (χ3v) is 3.75. The summed E-state index contributed by atoms with van der Waals surface area (Å²) in [5.74, 6) is -1.59. The zero-order valence-electron chi connectivity index (χ0n) is 12.4. The number of ether oxygens (including phenoxy) is 1. The van der Waals surface area contributed by atoms with Crippen molar-refractivity contribution in [2.75, 3.05) is 6.73 Å². The maximum Gasteiger partial charge on any atom is 0.332 e. The van der Waals surface area contributed by atoms with E-state index in [0.717, 1.165) is 10.5 Å². The van der Waals surface area contributed by atoms with Crippen molar-refractivity contribution in [3.63, 3.8) is 0 Å². The van der Waals surface area contributed by atoms with Crippen LogP contribution in [-0.4, -0.2) is 29.4 Å². The molecule has 6 heteroatoms. The molecule has 5 nitrogen and oxygen atoms in total. The average molecular weight is 342 g/mol. The van der Waals surface area contributed by atoms with Crippen molar-refractivity contribution in [3.05, 3.63) is 76.3 Å². The molecule has 24 heavy (non-hydrogen) atoms. The van der Waals surface area contributed by atoms with E-state index in [1.54, 1.807) is 54.6 Å². The summed E-state index contributed by atoms with van der Waals surface area (Å²) in [6.07, 6.45) is 2.78. The minimum absolute atomic E-state index is 0.315. The fraction of sp³-hybridized carbons (Fsp3) is 0.0556.